The molecule has 2 saturated carbocycles. The van der Waals surface area contributed by atoms with E-state index < -0.39 is 0 Å². The molecule has 0 radical (unpaired) electrons. The second kappa shape index (κ2) is 18.8. The van der Waals surface area contributed by atoms with Crippen LogP contribution in [0.25, 0.3) is 43.6 Å². The van der Waals surface area contributed by atoms with E-state index in [2.05, 4.69) is 206 Å². The smallest absolute Gasteiger partial charge is 0.0491 e. The molecular weight excluding hydrogens is 853 g/mol. The van der Waals surface area contributed by atoms with Crippen LogP contribution in [-0.2, 0) is 28.2 Å². The van der Waals surface area contributed by atoms with Gasteiger partial charge < -0.3 is 9.55 Å². The Morgan fingerprint density at radius 2 is 0.846 bits per heavy atom. The molecule has 4 aliphatic rings. The van der Waals surface area contributed by atoms with Crippen LogP contribution in [0.15, 0.2) is 97.1 Å². The molecule has 10 rings (SSSR count). The Hall–Kier alpha value is -3.56. The molecule has 4 bridgehead atoms. The van der Waals surface area contributed by atoms with Gasteiger partial charge in [0.1, 0.15) is 0 Å². The summed E-state index contributed by atoms with van der Waals surface area (Å²) in [7, 11) is 0. The molecule has 2 nitrogen and oxygen atoms in total. The van der Waals surface area contributed by atoms with Gasteiger partial charge in [0.2, 0.25) is 0 Å². The second-order valence-corrected chi connectivity index (χ2v) is 25.8. The minimum atomic E-state index is 0.166. The molecular formula is C62H83BrN2. The average molecular weight is 936 g/mol. The van der Waals surface area contributed by atoms with Crippen LogP contribution in [0, 0.1) is 35.5 Å². The van der Waals surface area contributed by atoms with Crippen molar-refractivity contribution in [2.24, 2.45) is 35.5 Å². The van der Waals surface area contributed by atoms with E-state index in [1.54, 1.807) is 0 Å². The first-order valence-electron chi connectivity index (χ1n) is 25.7. The third kappa shape index (κ3) is 10.8. The minimum Gasteiger partial charge on any atom is -0.355 e. The van der Waals surface area contributed by atoms with E-state index >= 15 is 0 Å². The summed E-state index contributed by atoms with van der Waals surface area (Å²) in [6.45, 7) is 28.6. The van der Waals surface area contributed by atoms with Crippen LogP contribution in [0.2, 0.25) is 0 Å². The number of benzene rings is 4. The standard InChI is InChI=1S/C31H41N.C20H25N.C11H17Br/c1-30(2,3)24-12-14-28-26(19-24)27-20-25(31(4,5)6)13-15-29(27)32(28)16-8-7-9-22-17-21-10-11-23(22)18-21;1-19(2,3)13-7-9-17-15(11-13)16-12-14(20(4,5)6)8-10-18(16)21-17;12-6-2-1-3-10-7-9-4-5-11(10)8-9/h10-15,19-23H,7-9,16-18H2,1-6H3;7-12,21H,1-6H3;4-5,9-11H,1-3,6-8H2. The molecule has 6 atom stereocenters. The number of unbranched alkanes of at least 4 members (excludes halogenated alkanes) is 2. The Morgan fingerprint density at radius 3 is 1.20 bits per heavy atom. The lowest BCUT2D eigenvalue weighted by Gasteiger charge is -2.19. The highest BCUT2D eigenvalue weighted by molar-refractivity contribution is 9.09. The molecule has 0 aliphatic heterocycles. The fourth-order valence-corrected chi connectivity index (χ4v) is 12.1. The topological polar surface area (TPSA) is 20.7 Å². The monoisotopic (exact) mass is 935 g/mol. The number of nitrogens with one attached hydrogen (secondary N) is 1. The zero-order valence-corrected chi connectivity index (χ0v) is 44.1. The quantitative estimate of drug-likeness (QED) is 0.0847. The van der Waals surface area contributed by atoms with Crippen LogP contribution >= 0.6 is 15.9 Å². The maximum atomic E-state index is 3.54. The zero-order valence-electron chi connectivity index (χ0n) is 42.5. The molecule has 1 N–H and O–H groups in total. The number of aromatic nitrogens is 2. The van der Waals surface area contributed by atoms with Crippen molar-refractivity contribution in [1.29, 1.82) is 0 Å². The van der Waals surface area contributed by atoms with Gasteiger partial charge in [0.15, 0.2) is 0 Å². The molecule has 2 fully saturated rings. The number of nitrogens with zero attached hydrogens (tertiary/aromatic N) is 1. The van der Waals surface area contributed by atoms with Crippen molar-refractivity contribution in [3.05, 3.63) is 119 Å². The average Bonchev–Trinajstić information content (AvgIpc) is 4.12. The predicted octanol–water partition coefficient (Wildman–Crippen LogP) is 18.5. The largest absolute Gasteiger partial charge is 0.355 e. The molecule has 6 unspecified atom stereocenters. The third-order valence-corrected chi connectivity index (χ3v) is 16.5. The van der Waals surface area contributed by atoms with E-state index in [1.807, 2.05) is 0 Å². The molecule has 4 aliphatic carbocycles. The van der Waals surface area contributed by atoms with E-state index in [9.17, 15) is 0 Å². The lowest BCUT2D eigenvalue weighted by Crippen LogP contribution is -2.10. The molecule has 348 valence electrons. The van der Waals surface area contributed by atoms with Crippen molar-refractivity contribution in [3.8, 4) is 0 Å². The molecule has 2 aromatic heterocycles. The number of alkyl halides is 1. The summed E-state index contributed by atoms with van der Waals surface area (Å²) in [5, 5.41) is 6.71. The second-order valence-electron chi connectivity index (χ2n) is 25.0. The van der Waals surface area contributed by atoms with Gasteiger partial charge >= 0.3 is 0 Å². The van der Waals surface area contributed by atoms with Crippen LogP contribution in [-0.4, -0.2) is 14.9 Å². The van der Waals surface area contributed by atoms with Crippen LogP contribution in [0.3, 0.4) is 0 Å². The number of fused-ring (bicyclic) bond motifs is 10. The summed E-state index contributed by atoms with van der Waals surface area (Å²) in [4.78, 5) is 3.54. The fraction of sp³-hybridized carbons (Fsp3) is 0.548. The van der Waals surface area contributed by atoms with Gasteiger partial charge in [-0.25, -0.2) is 0 Å². The SMILES string of the molecule is BrCCCCC1CC2C=CC1C2.CC(C)(C)c1ccc2[nH]c3ccc(C(C)(C)C)cc3c2c1.CC(C)(C)c1ccc2c(c1)c1cc(C(C)(C)C)ccc1n2CCCCC1CC2C=CC1C2. The Labute approximate surface area is 402 Å². The molecule has 0 amide bonds. The molecule has 4 aromatic carbocycles. The van der Waals surface area contributed by atoms with Crippen molar-refractivity contribution in [2.75, 3.05) is 5.33 Å². The van der Waals surface area contributed by atoms with Crippen LogP contribution < -0.4 is 0 Å². The molecule has 0 spiro atoms. The lowest BCUT2D eigenvalue weighted by atomic mass is 9.85. The van der Waals surface area contributed by atoms with Crippen molar-refractivity contribution in [3.63, 3.8) is 0 Å². The van der Waals surface area contributed by atoms with Crippen molar-refractivity contribution in [2.45, 2.75) is 175 Å². The van der Waals surface area contributed by atoms with Crippen LogP contribution in [0.5, 0.6) is 0 Å². The third-order valence-electron chi connectivity index (χ3n) is 15.9. The summed E-state index contributed by atoms with van der Waals surface area (Å²) < 4.78 is 2.60. The van der Waals surface area contributed by atoms with Gasteiger partial charge in [-0.3, -0.25) is 0 Å². The van der Waals surface area contributed by atoms with Crippen molar-refractivity contribution < 1.29 is 0 Å². The first-order chi connectivity index (χ1) is 30.7. The van der Waals surface area contributed by atoms with E-state index in [0.717, 1.165) is 42.1 Å². The first kappa shape index (κ1) is 47.9. The van der Waals surface area contributed by atoms with E-state index in [0.29, 0.717) is 0 Å². The number of halogens is 1. The Kier molecular flexibility index (Phi) is 13.9. The summed E-state index contributed by atoms with van der Waals surface area (Å²) >= 11 is 3.49. The fourth-order valence-electron chi connectivity index (χ4n) is 11.7. The van der Waals surface area contributed by atoms with Gasteiger partial charge in [-0.05, 0) is 179 Å². The number of hydrogen-bond acceptors (Lipinski definition) is 0. The van der Waals surface area contributed by atoms with Gasteiger partial charge in [-0.2, -0.15) is 0 Å². The highest BCUT2D eigenvalue weighted by atomic mass is 79.9. The Morgan fingerprint density at radius 1 is 0.462 bits per heavy atom. The highest BCUT2D eigenvalue weighted by Crippen LogP contribution is 2.47. The van der Waals surface area contributed by atoms with Gasteiger partial charge in [-0.1, -0.05) is 160 Å². The van der Waals surface area contributed by atoms with Gasteiger partial charge in [0.05, 0.1) is 0 Å². The molecule has 3 heteroatoms. The number of hydrogen-bond donors (Lipinski definition) is 1. The number of rotatable bonds is 9. The normalized spacial score (nSPS) is 22.7. The maximum absolute atomic E-state index is 3.54. The Balaban J connectivity index is 0.000000149. The van der Waals surface area contributed by atoms with E-state index in [1.165, 1.54) is 135 Å². The molecule has 6 aromatic rings. The summed E-state index contributed by atoms with van der Waals surface area (Å²) in [6, 6.07) is 28.0. The lowest BCUT2D eigenvalue weighted by molar-refractivity contribution is 0.393. The predicted molar refractivity (Wildman–Crippen MR) is 289 cm³/mol. The minimum absolute atomic E-state index is 0.166. The molecule has 0 saturated heterocycles. The highest BCUT2D eigenvalue weighted by Gasteiger charge is 2.36. The van der Waals surface area contributed by atoms with Gasteiger partial charge in [-0.15, -0.1) is 0 Å². The van der Waals surface area contributed by atoms with Crippen LogP contribution in [0.4, 0.5) is 0 Å². The summed E-state index contributed by atoms with van der Waals surface area (Å²) in [6.07, 6.45) is 24.0. The number of H-pyrrole nitrogens is 1. The zero-order chi connectivity index (χ0) is 46.5. The van der Waals surface area contributed by atoms with E-state index in [-0.39, 0.29) is 21.7 Å². The number of aryl methyl sites for hydroxylation is 1. The molecule has 2 heterocycles. The van der Waals surface area contributed by atoms with E-state index in [4.69, 9.17) is 0 Å². The van der Waals surface area contributed by atoms with Crippen molar-refractivity contribution >= 4 is 59.5 Å². The summed E-state index contributed by atoms with van der Waals surface area (Å²) in [5.74, 6) is 5.71. The summed E-state index contributed by atoms with van der Waals surface area (Å²) in [5.41, 5.74) is 11.6. The van der Waals surface area contributed by atoms with Crippen LogP contribution in [0.1, 0.15) is 170 Å². The number of allylic oxidation sites excluding steroid dienone is 4. The maximum Gasteiger partial charge on any atom is 0.0491 e. The number of aromatic amines is 1. The Bertz CT molecular complexity index is 2510. The van der Waals surface area contributed by atoms with Gasteiger partial charge in [0, 0.05) is 55.5 Å². The first-order valence-corrected chi connectivity index (χ1v) is 26.9. The van der Waals surface area contributed by atoms with Crippen molar-refractivity contribution in [1.82, 2.24) is 9.55 Å². The van der Waals surface area contributed by atoms with Gasteiger partial charge in [0.25, 0.3) is 0 Å². The molecule has 65 heavy (non-hydrogen) atoms.